The van der Waals surface area contributed by atoms with E-state index < -0.39 is 0 Å². The van der Waals surface area contributed by atoms with Crippen LogP contribution in [0.5, 0.6) is 0 Å². The zero-order valence-corrected chi connectivity index (χ0v) is 13.5. The van der Waals surface area contributed by atoms with Gasteiger partial charge in [-0.05, 0) is 56.2 Å². The van der Waals surface area contributed by atoms with Gasteiger partial charge in [-0.2, -0.15) is 0 Å². The van der Waals surface area contributed by atoms with Gasteiger partial charge in [0.05, 0.1) is 11.7 Å². The first-order valence-corrected chi connectivity index (χ1v) is 8.99. The van der Waals surface area contributed by atoms with Crippen LogP contribution >= 0.6 is 22.9 Å². The van der Waals surface area contributed by atoms with Crippen molar-refractivity contribution >= 4 is 22.9 Å². The lowest BCUT2D eigenvalue weighted by molar-refractivity contribution is 0.594. The molecule has 0 spiro atoms. The topological polar surface area (TPSA) is 24.9 Å². The first-order chi connectivity index (χ1) is 10.3. The van der Waals surface area contributed by atoms with E-state index in [1.807, 2.05) is 23.5 Å². The Hall–Kier alpha value is -0.900. The Balaban J connectivity index is 1.67. The summed E-state index contributed by atoms with van der Waals surface area (Å²) in [6, 6.07) is 9.10. The van der Waals surface area contributed by atoms with Gasteiger partial charge in [-0.25, -0.2) is 4.98 Å². The van der Waals surface area contributed by atoms with Crippen LogP contribution in [0.25, 0.3) is 0 Å². The van der Waals surface area contributed by atoms with E-state index in [1.54, 1.807) is 0 Å². The van der Waals surface area contributed by atoms with E-state index in [2.05, 4.69) is 17.4 Å². The van der Waals surface area contributed by atoms with Crippen LogP contribution in [0.2, 0.25) is 5.02 Å². The third-order valence-electron chi connectivity index (χ3n) is 4.29. The molecular weight excluding hydrogens is 300 g/mol. The van der Waals surface area contributed by atoms with Crippen molar-refractivity contribution in [1.82, 2.24) is 10.3 Å². The minimum absolute atomic E-state index is 0.227. The third kappa shape index (κ3) is 3.01. The molecule has 1 fully saturated rings. The zero-order valence-electron chi connectivity index (χ0n) is 11.9. The van der Waals surface area contributed by atoms with Gasteiger partial charge in [0.2, 0.25) is 0 Å². The average molecular weight is 319 g/mol. The number of fused-ring (bicyclic) bond motifs is 1. The van der Waals surface area contributed by atoms with Gasteiger partial charge in [-0.15, -0.1) is 11.3 Å². The molecule has 2 aromatic rings. The molecule has 0 aliphatic heterocycles. The Morgan fingerprint density at radius 2 is 1.90 bits per heavy atom. The zero-order chi connectivity index (χ0) is 14.2. The van der Waals surface area contributed by atoms with Crippen LogP contribution in [0.4, 0.5) is 0 Å². The first-order valence-electron chi connectivity index (χ1n) is 7.79. The van der Waals surface area contributed by atoms with E-state index in [0.29, 0.717) is 6.04 Å². The highest BCUT2D eigenvalue weighted by atomic mass is 35.5. The summed E-state index contributed by atoms with van der Waals surface area (Å²) in [5.41, 5.74) is 2.62. The molecule has 2 aliphatic rings. The number of rotatable bonds is 4. The van der Waals surface area contributed by atoms with Gasteiger partial charge in [0.1, 0.15) is 5.01 Å². The highest BCUT2D eigenvalue weighted by Crippen LogP contribution is 2.35. The Bertz CT molecular complexity index is 607. The largest absolute Gasteiger partial charge is 0.301 e. The molecule has 1 aromatic carbocycles. The van der Waals surface area contributed by atoms with Gasteiger partial charge in [0.15, 0.2) is 0 Å². The molecule has 2 aliphatic carbocycles. The van der Waals surface area contributed by atoms with Gasteiger partial charge in [0.25, 0.3) is 0 Å². The maximum absolute atomic E-state index is 6.03. The second-order valence-electron chi connectivity index (χ2n) is 6.05. The fourth-order valence-electron chi connectivity index (χ4n) is 2.95. The maximum atomic E-state index is 6.03. The lowest BCUT2D eigenvalue weighted by Crippen LogP contribution is -2.24. The van der Waals surface area contributed by atoms with Crippen molar-refractivity contribution in [3.05, 3.63) is 50.4 Å². The summed E-state index contributed by atoms with van der Waals surface area (Å²) in [5, 5.41) is 5.78. The maximum Gasteiger partial charge on any atom is 0.115 e. The van der Waals surface area contributed by atoms with Crippen LogP contribution in [0, 0.1) is 0 Å². The average Bonchev–Trinajstić information content (AvgIpc) is 3.22. The monoisotopic (exact) mass is 318 g/mol. The smallest absolute Gasteiger partial charge is 0.115 e. The molecule has 1 unspecified atom stereocenters. The lowest BCUT2D eigenvalue weighted by atomic mass is 10.0. The standard InChI is InChI=1S/C17H19ClN2S/c18-12-7-5-11(6-8-12)16(19-13-9-10-13)17-20-14-3-1-2-4-15(14)21-17/h5-8,13,16,19H,1-4,9-10H2. The molecule has 4 rings (SSSR count). The molecule has 0 bridgehead atoms. The Labute approximate surface area is 134 Å². The minimum Gasteiger partial charge on any atom is -0.301 e. The molecular formula is C17H19ClN2S. The fourth-order valence-corrected chi connectivity index (χ4v) is 4.31. The summed E-state index contributed by atoms with van der Waals surface area (Å²) in [5.74, 6) is 0. The van der Waals surface area contributed by atoms with E-state index in [1.165, 1.54) is 53.2 Å². The molecule has 1 atom stereocenters. The second-order valence-corrected chi connectivity index (χ2v) is 7.61. The van der Waals surface area contributed by atoms with Crippen LogP contribution in [-0.4, -0.2) is 11.0 Å². The van der Waals surface area contributed by atoms with Crippen molar-refractivity contribution in [2.45, 2.75) is 50.6 Å². The van der Waals surface area contributed by atoms with E-state index in [9.17, 15) is 0 Å². The van der Waals surface area contributed by atoms with Crippen molar-refractivity contribution in [2.75, 3.05) is 0 Å². The number of halogens is 1. The molecule has 1 aromatic heterocycles. The highest BCUT2D eigenvalue weighted by molar-refractivity contribution is 7.11. The van der Waals surface area contributed by atoms with Crippen molar-refractivity contribution in [2.24, 2.45) is 0 Å². The van der Waals surface area contributed by atoms with E-state index in [4.69, 9.17) is 16.6 Å². The van der Waals surface area contributed by atoms with Crippen molar-refractivity contribution in [3.8, 4) is 0 Å². The van der Waals surface area contributed by atoms with Gasteiger partial charge in [-0.1, -0.05) is 23.7 Å². The number of nitrogens with one attached hydrogen (secondary N) is 1. The van der Waals surface area contributed by atoms with Gasteiger partial charge in [0, 0.05) is 15.9 Å². The van der Waals surface area contributed by atoms with E-state index in [0.717, 1.165) is 11.4 Å². The van der Waals surface area contributed by atoms with Gasteiger partial charge < -0.3 is 5.32 Å². The van der Waals surface area contributed by atoms with E-state index in [-0.39, 0.29) is 6.04 Å². The number of thiazole rings is 1. The molecule has 21 heavy (non-hydrogen) atoms. The molecule has 1 saturated carbocycles. The van der Waals surface area contributed by atoms with Crippen LogP contribution in [-0.2, 0) is 12.8 Å². The summed E-state index contributed by atoms with van der Waals surface area (Å²) in [6.07, 6.45) is 7.55. The van der Waals surface area contributed by atoms with Gasteiger partial charge in [-0.3, -0.25) is 0 Å². The van der Waals surface area contributed by atoms with E-state index >= 15 is 0 Å². The minimum atomic E-state index is 0.227. The third-order valence-corrected chi connectivity index (χ3v) is 5.77. The molecule has 4 heteroatoms. The summed E-state index contributed by atoms with van der Waals surface area (Å²) >= 11 is 7.94. The number of aryl methyl sites for hydroxylation is 2. The SMILES string of the molecule is Clc1ccc(C(NC2CC2)c2nc3c(s2)CCCC3)cc1. The molecule has 2 nitrogen and oxygen atoms in total. The number of aromatic nitrogens is 1. The van der Waals surface area contributed by atoms with Crippen molar-refractivity contribution < 1.29 is 0 Å². The fraction of sp³-hybridized carbons (Fsp3) is 0.471. The molecule has 1 heterocycles. The lowest BCUT2D eigenvalue weighted by Gasteiger charge is -2.16. The number of benzene rings is 1. The number of hydrogen-bond donors (Lipinski definition) is 1. The summed E-state index contributed by atoms with van der Waals surface area (Å²) in [6.45, 7) is 0. The molecule has 110 valence electrons. The molecule has 0 saturated heterocycles. The van der Waals surface area contributed by atoms with Crippen LogP contribution in [0.3, 0.4) is 0 Å². The van der Waals surface area contributed by atoms with Crippen LogP contribution < -0.4 is 5.32 Å². The second kappa shape index (κ2) is 5.71. The Morgan fingerprint density at radius 1 is 1.14 bits per heavy atom. The summed E-state index contributed by atoms with van der Waals surface area (Å²) in [7, 11) is 0. The quantitative estimate of drug-likeness (QED) is 0.896. The number of hydrogen-bond acceptors (Lipinski definition) is 3. The highest BCUT2D eigenvalue weighted by Gasteiger charge is 2.29. The number of nitrogens with zero attached hydrogens (tertiary/aromatic N) is 1. The summed E-state index contributed by atoms with van der Waals surface area (Å²) < 4.78 is 0. The molecule has 0 amide bonds. The normalized spacial score (nSPS) is 19.3. The van der Waals surface area contributed by atoms with Crippen LogP contribution in [0.15, 0.2) is 24.3 Å². The van der Waals surface area contributed by atoms with Crippen molar-refractivity contribution in [1.29, 1.82) is 0 Å². The predicted octanol–water partition coefficient (Wildman–Crippen LogP) is 4.52. The molecule has 0 radical (unpaired) electrons. The Kier molecular flexibility index (Phi) is 3.74. The predicted molar refractivity (Wildman–Crippen MR) is 88.2 cm³/mol. The summed E-state index contributed by atoms with van der Waals surface area (Å²) in [4.78, 5) is 6.46. The van der Waals surface area contributed by atoms with Crippen molar-refractivity contribution in [3.63, 3.8) is 0 Å². The first kappa shape index (κ1) is 13.7. The molecule has 1 N–H and O–H groups in total. The Morgan fingerprint density at radius 3 is 2.62 bits per heavy atom. The van der Waals surface area contributed by atoms with Crippen LogP contribution in [0.1, 0.15) is 52.9 Å². The van der Waals surface area contributed by atoms with Gasteiger partial charge >= 0.3 is 0 Å².